The van der Waals surface area contributed by atoms with Crippen molar-refractivity contribution in [2.45, 2.75) is 82.8 Å². The van der Waals surface area contributed by atoms with E-state index in [1.165, 1.54) is 14.2 Å². The number of hydrogen-bond donors (Lipinski definition) is 0. The Morgan fingerprint density at radius 1 is 1.00 bits per heavy atom. The van der Waals surface area contributed by atoms with E-state index >= 15 is 0 Å². The number of methoxy groups -OCH3 is 2. The largest absolute Gasteiger partial charge is 0.469 e. The smallest absolute Gasteiger partial charge is 0.319 e. The van der Waals surface area contributed by atoms with Gasteiger partial charge in [-0.1, -0.05) is 20.8 Å². The average molecular weight is 386 g/mol. The van der Waals surface area contributed by atoms with Crippen LogP contribution in [0.4, 0.5) is 0 Å². The minimum absolute atomic E-state index is 0.0854. The van der Waals surface area contributed by atoms with Crippen LogP contribution in [0.15, 0.2) is 0 Å². The summed E-state index contributed by atoms with van der Waals surface area (Å²) in [5, 5.41) is 0.166. The molecular formula is C19H35NO5Si. The fourth-order valence-corrected chi connectivity index (χ4v) is 5.39. The van der Waals surface area contributed by atoms with Crippen molar-refractivity contribution in [1.29, 1.82) is 0 Å². The summed E-state index contributed by atoms with van der Waals surface area (Å²) in [4.78, 5) is 26.1. The predicted molar refractivity (Wildman–Crippen MR) is 102 cm³/mol. The maximum absolute atomic E-state index is 12.1. The van der Waals surface area contributed by atoms with Gasteiger partial charge in [0.2, 0.25) is 0 Å². The third kappa shape index (κ3) is 4.67. The third-order valence-electron chi connectivity index (χ3n) is 6.46. The number of ether oxygens (including phenoxy) is 2. The van der Waals surface area contributed by atoms with Crippen molar-refractivity contribution >= 4 is 20.3 Å². The van der Waals surface area contributed by atoms with Crippen LogP contribution >= 0.6 is 0 Å². The fraction of sp³-hybridized carbons (Fsp3) is 0.895. The molecule has 0 radical (unpaired) electrons. The minimum Gasteiger partial charge on any atom is -0.469 e. The molecule has 0 aromatic rings. The van der Waals surface area contributed by atoms with E-state index in [0.29, 0.717) is 0 Å². The lowest BCUT2D eigenvalue weighted by Gasteiger charge is -2.52. The average Bonchev–Trinajstić information content (AvgIpc) is 2.52. The topological polar surface area (TPSA) is 65.1 Å². The van der Waals surface area contributed by atoms with Crippen molar-refractivity contribution in [3.63, 3.8) is 0 Å². The number of esters is 2. The van der Waals surface area contributed by atoms with Gasteiger partial charge < -0.3 is 13.9 Å². The summed E-state index contributed by atoms with van der Waals surface area (Å²) in [6, 6.07) is 0.306. The number of rotatable bonds is 5. The maximum Gasteiger partial charge on any atom is 0.319 e. The van der Waals surface area contributed by atoms with Gasteiger partial charge in [0.15, 0.2) is 8.32 Å². The van der Waals surface area contributed by atoms with E-state index in [4.69, 9.17) is 13.9 Å². The summed E-state index contributed by atoms with van der Waals surface area (Å²) >= 11 is 0. The maximum atomic E-state index is 12.1. The van der Waals surface area contributed by atoms with Gasteiger partial charge >= 0.3 is 11.9 Å². The Kier molecular flexibility index (Phi) is 6.56. The summed E-state index contributed by atoms with van der Waals surface area (Å²) in [5.74, 6) is -0.445. The van der Waals surface area contributed by atoms with Crippen LogP contribution in [0.5, 0.6) is 0 Å². The Bertz CT molecular complexity index is 515. The zero-order chi connectivity index (χ0) is 19.7. The molecule has 0 saturated carbocycles. The Balaban J connectivity index is 2.14. The first kappa shape index (κ1) is 21.4. The zero-order valence-corrected chi connectivity index (χ0v) is 18.3. The molecule has 2 fully saturated rings. The van der Waals surface area contributed by atoms with E-state index in [-0.39, 0.29) is 47.6 Å². The molecule has 0 amide bonds. The lowest BCUT2D eigenvalue weighted by Crippen LogP contribution is -2.59. The lowest BCUT2D eigenvalue weighted by molar-refractivity contribution is -0.154. The molecule has 2 bridgehead atoms. The van der Waals surface area contributed by atoms with Gasteiger partial charge in [0, 0.05) is 18.2 Å². The number of hydrogen-bond acceptors (Lipinski definition) is 6. The molecule has 0 spiro atoms. The van der Waals surface area contributed by atoms with Crippen molar-refractivity contribution in [2.75, 3.05) is 20.8 Å². The molecule has 150 valence electrons. The van der Waals surface area contributed by atoms with E-state index < -0.39 is 8.32 Å². The van der Waals surface area contributed by atoms with E-state index in [2.05, 4.69) is 38.8 Å². The molecule has 0 aromatic heterocycles. The van der Waals surface area contributed by atoms with Crippen LogP contribution in [-0.4, -0.2) is 64.1 Å². The van der Waals surface area contributed by atoms with Crippen molar-refractivity contribution in [2.24, 2.45) is 5.92 Å². The van der Waals surface area contributed by atoms with Crippen molar-refractivity contribution in [3.05, 3.63) is 0 Å². The fourth-order valence-electron chi connectivity index (χ4n) is 4.01. The van der Waals surface area contributed by atoms with E-state index in [1.54, 1.807) is 0 Å². The molecule has 2 aliphatic rings. The van der Waals surface area contributed by atoms with Crippen LogP contribution in [0.2, 0.25) is 18.1 Å². The van der Waals surface area contributed by atoms with Gasteiger partial charge in [0.25, 0.3) is 0 Å². The minimum atomic E-state index is -1.85. The highest BCUT2D eigenvalue weighted by molar-refractivity contribution is 6.74. The quantitative estimate of drug-likeness (QED) is 0.535. The number of nitrogens with zero attached hydrogens (tertiary/aromatic N) is 1. The number of fused-ring (bicyclic) bond motifs is 2. The molecule has 0 aromatic carbocycles. The second-order valence-electron chi connectivity index (χ2n) is 9.22. The Hall–Kier alpha value is -0.923. The first-order valence-corrected chi connectivity index (χ1v) is 12.5. The molecule has 7 heteroatoms. The number of carbonyl (C=O) groups excluding carboxylic acids is 2. The Morgan fingerprint density at radius 3 is 1.96 bits per heavy atom. The molecule has 0 N–H and O–H groups in total. The van der Waals surface area contributed by atoms with Crippen LogP contribution in [0, 0.1) is 5.92 Å². The molecule has 2 atom stereocenters. The van der Waals surface area contributed by atoms with Gasteiger partial charge in [0.05, 0.1) is 26.7 Å². The molecule has 2 aliphatic heterocycles. The lowest BCUT2D eigenvalue weighted by atomic mass is 9.77. The normalized spacial score (nSPS) is 30.0. The molecular weight excluding hydrogens is 350 g/mol. The standard InChI is InChI=1S/C19H35NO5Si/c1-19(2,3)26(6,7)25-16-10-14-8-13(18(22)24-5)9-15(11-16)20(14)12-17(21)23-4/h13-16H,8-12H2,1-7H3. The van der Waals surface area contributed by atoms with Crippen LogP contribution in [0.1, 0.15) is 46.5 Å². The van der Waals surface area contributed by atoms with E-state index in [1.807, 2.05) is 0 Å². The second kappa shape index (κ2) is 7.98. The zero-order valence-electron chi connectivity index (χ0n) is 17.3. The molecule has 2 saturated heterocycles. The Morgan fingerprint density at radius 2 is 1.54 bits per heavy atom. The summed E-state index contributed by atoms with van der Waals surface area (Å²) < 4.78 is 16.5. The summed E-state index contributed by atoms with van der Waals surface area (Å²) in [5.41, 5.74) is 0. The SMILES string of the molecule is COC(=O)CN1C2CC(O[Si](C)(C)C(C)(C)C)CC1CC(C(=O)OC)C2. The van der Waals surface area contributed by atoms with Gasteiger partial charge in [-0.25, -0.2) is 0 Å². The monoisotopic (exact) mass is 385 g/mol. The molecule has 2 heterocycles. The van der Waals surface area contributed by atoms with Crippen LogP contribution in [-0.2, 0) is 23.5 Å². The number of piperidine rings is 2. The van der Waals surface area contributed by atoms with Gasteiger partial charge in [-0.05, 0) is 43.8 Å². The van der Waals surface area contributed by atoms with Crippen LogP contribution < -0.4 is 0 Å². The Labute approximate surface area is 158 Å². The van der Waals surface area contributed by atoms with Crippen molar-refractivity contribution in [3.8, 4) is 0 Å². The highest BCUT2D eigenvalue weighted by atomic mass is 28.4. The van der Waals surface area contributed by atoms with Crippen LogP contribution in [0.25, 0.3) is 0 Å². The first-order valence-electron chi connectivity index (χ1n) is 9.56. The molecule has 2 rings (SSSR count). The highest BCUT2D eigenvalue weighted by Gasteiger charge is 2.47. The van der Waals surface area contributed by atoms with Crippen LogP contribution in [0.3, 0.4) is 0 Å². The number of carbonyl (C=O) groups is 2. The summed E-state index contributed by atoms with van der Waals surface area (Å²) in [6.45, 7) is 11.6. The summed E-state index contributed by atoms with van der Waals surface area (Å²) in [7, 11) is 1.02. The van der Waals surface area contributed by atoms with Crippen molar-refractivity contribution < 1.29 is 23.5 Å². The molecule has 26 heavy (non-hydrogen) atoms. The molecule has 6 nitrogen and oxygen atoms in total. The van der Waals surface area contributed by atoms with Gasteiger partial charge in [-0.3, -0.25) is 14.5 Å². The highest BCUT2D eigenvalue weighted by Crippen LogP contribution is 2.43. The summed E-state index contributed by atoms with van der Waals surface area (Å²) in [6.07, 6.45) is 3.34. The van der Waals surface area contributed by atoms with E-state index in [9.17, 15) is 9.59 Å². The van der Waals surface area contributed by atoms with Gasteiger partial charge in [-0.2, -0.15) is 0 Å². The predicted octanol–water partition coefficient (Wildman–Crippen LogP) is 2.97. The second-order valence-corrected chi connectivity index (χ2v) is 14.0. The van der Waals surface area contributed by atoms with E-state index in [0.717, 1.165) is 25.7 Å². The third-order valence-corrected chi connectivity index (χ3v) is 11.0. The van der Waals surface area contributed by atoms with Crippen molar-refractivity contribution in [1.82, 2.24) is 4.90 Å². The molecule has 2 unspecified atom stereocenters. The molecule has 0 aliphatic carbocycles. The van der Waals surface area contributed by atoms with Gasteiger partial charge in [0.1, 0.15) is 0 Å². The first-order chi connectivity index (χ1) is 12.0. The van der Waals surface area contributed by atoms with Gasteiger partial charge in [-0.15, -0.1) is 0 Å².